The summed E-state index contributed by atoms with van der Waals surface area (Å²) >= 11 is 0. The van der Waals surface area contributed by atoms with E-state index in [9.17, 15) is 4.79 Å². The number of hydrogen-bond donors (Lipinski definition) is 2. The van der Waals surface area contributed by atoms with E-state index in [1.807, 2.05) is 4.90 Å². The van der Waals surface area contributed by atoms with Gasteiger partial charge in [-0.1, -0.05) is 48.5 Å². The molecule has 0 saturated carbocycles. The zero-order valence-electron chi connectivity index (χ0n) is 18.4. The number of guanidine groups is 1. The van der Waals surface area contributed by atoms with Crippen molar-refractivity contribution in [1.82, 2.24) is 15.5 Å². The molecule has 2 aromatic carbocycles. The van der Waals surface area contributed by atoms with E-state index in [1.54, 1.807) is 0 Å². The van der Waals surface area contributed by atoms with Gasteiger partial charge in [-0.3, -0.25) is 9.79 Å². The van der Waals surface area contributed by atoms with E-state index >= 15 is 0 Å². The molecule has 0 spiro atoms. The van der Waals surface area contributed by atoms with Gasteiger partial charge in [-0.25, -0.2) is 0 Å². The second-order valence-electron chi connectivity index (χ2n) is 7.92. The van der Waals surface area contributed by atoms with Crippen LogP contribution in [0.25, 0.3) is 0 Å². The molecule has 0 radical (unpaired) electrons. The summed E-state index contributed by atoms with van der Waals surface area (Å²) in [4.78, 5) is 19.3. The summed E-state index contributed by atoms with van der Waals surface area (Å²) in [6.07, 6.45) is 2.25. The minimum Gasteiger partial charge on any atom is -0.357 e. The first-order valence-electron chi connectivity index (χ1n) is 11.0. The van der Waals surface area contributed by atoms with Crippen molar-refractivity contribution in [3.63, 3.8) is 0 Å². The van der Waals surface area contributed by atoms with Gasteiger partial charge in [-0.2, -0.15) is 0 Å². The molecule has 5 heteroatoms. The number of nitrogens with one attached hydrogen (secondary N) is 2. The molecule has 2 aromatic rings. The third-order valence-corrected chi connectivity index (χ3v) is 5.65. The predicted molar refractivity (Wildman–Crippen MR) is 124 cm³/mol. The largest absolute Gasteiger partial charge is 0.357 e. The lowest BCUT2D eigenvalue weighted by Gasteiger charge is -2.29. The average Bonchev–Trinajstić information content (AvgIpc) is 2.76. The smallest absolute Gasteiger partial charge is 0.222 e. The van der Waals surface area contributed by atoms with Gasteiger partial charge >= 0.3 is 0 Å². The molecule has 5 nitrogen and oxygen atoms in total. The van der Waals surface area contributed by atoms with Gasteiger partial charge < -0.3 is 15.5 Å². The third kappa shape index (κ3) is 5.85. The summed E-state index contributed by atoms with van der Waals surface area (Å²) in [7, 11) is 0. The van der Waals surface area contributed by atoms with Gasteiger partial charge in [0.05, 0.1) is 6.04 Å². The van der Waals surface area contributed by atoms with Crippen LogP contribution in [0.4, 0.5) is 0 Å². The molecular formula is C25H34N4O. The molecule has 160 valence electrons. The lowest BCUT2D eigenvalue weighted by Crippen LogP contribution is -2.39. The fourth-order valence-electron chi connectivity index (χ4n) is 3.96. The number of nitrogens with zero attached hydrogens (tertiary/aromatic N) is 2. The highest BCUT2D eigenvalue weighted by molar-refractivity contribution is 5.80. The number of aliphatic imine (C=N–C) groups is 1. The van der Waals surface area contributed by atoms with Gasteiger partial charge in [-0.15, -0.1) is 0 Å². The van der Waals surface area contributed by atoms with E-state index < -0.39 is 0 Å². The summed E-state index contributed by atoms with van der Waals surface area (Å²) in [5.74, 6) is 1.03. The van der Waals surface area contributed by atoms with Crippen LogP contribution in [0.2, 0.25) is 0 Å². The number of aryl methyl sites for hydroxylation is 1. The third-order valence-electron chi connectivity index (χ3n) is 5.65. The van der Waals surface area contributed by atoms with Crippen molar-refractivity contribution in [1.29, 1.82) is 0 Å². The van der Waals surface area contributed by atoms with Crippen LogP contribution in [0, 0.1) is 6.92 Å². The minimum absolute atomic E-state index is 0.166. The van der Waals surface area contributed by atoms with Crippen LogP contribution in [-0.4, -0.2) is 36.4 Å². The Morgan fingerprint density at radius 2 is 1.87 bits per heavy atom. The first kappa shape index (κ1) is 21.9. The summed E-state index contributed by atoms with van der Waals surface area (Å²) < 4.78 is 0. The Labute approximate surface area is 180 Å². The van der Waals surface area contributed by atoms with Crippen molar-refractivity contribution in [3.8, 4) is 0 Å². The van der Waals surface area contributed by atoms with E-state index in [2.05, 4.69) is 84.9 Å². The van der Waals surface area contributed by atoms with Gasteiger partial charge in [0.15, 0.2) is 5.96 Å². The van der Waals surface area contributed by atoms with Crippen LogP contribution < -0.4 is 10.6 Å². The molecule has 3 rings (SSSR count). The zero-order chi connectivity index (χ0) is 21.3. The number of rotatable bonds is 7. The Hall–Kier alpha value is -2.82. The zero-order valence-corrected chi connectivity index (χ0v) is 18.4. The SMILES string of the molecule is CCNC(=NCCCC(=O)N1CCc2ccccc2C1)NC(C)c1ccccc1C. The molecule has 30 heavy (non-hydrogen) atoms. The van der Waals surface area contributed by atoms with E-state index in [0.29, 0.717) is 13.0 Å². The average molecular weight is 407 g/mol. The topological polar surface area (TPSA) is 56.7 Å². The first-order chi connectivity index (χ1) is 14.6. The van der Waals surface area contributed by atoms with E-state index in [-0.39, 0.29) is 11.9 Å². The summed E-state index contributed by atoms with van der Waals surface area (Å²) in [5.41, 5.74) is 5.18. The Balaban J connectivity index is 1.48. The van der Waals surface area contributed by atoms with Crippen molar-refractivity contribution in [2.75, 3.05) is 19.6 Å². The van der Waals surface area contributed by atoms with Crippen molar-refractivity contribution >= 4 is 11.9 Å². The number of amides is 1. The maximum atomic E-state index is 12.6. The van der Waals surface area contributed by atoms with Crippen molar-refractivity contribution in [2.24, 2.45) is 4.99 Å². The Kier molecular flexibility index (Phi) is 7.89. The molecule has 1 aliphatic rings. The van der Waals surface area contributed by atoms with Crippen molar-refractivity contribution < 1.29 is 4.79 Å². The number of fused-ring (bicyclic) bond motifs is 1. The Morgan fingerprint density at radius 1 is 1.13 bits per heavy atom. The molecule has 0 bridgehead atoms. The molecule has 1 amide bonds. The van der Waals surface area contributed by atoms with E-state index in [0.717, 1.165) is 38.4 Å². The van der Waals surface area contributed by atoms with Crippen LogP contribution in [0.5, 0.6) is 0 Å². The van der Waals surface area contributed by atoms with Crippen LogP contribution in [-0.2, 0) is 17.8 Å². The molecule has 1 aliphatic heterocycles. The lowest BCUT2D eigenvalue weighted by atomic mass is 9.99. The number of carbonyl (C=O) groups excluding carboxylic acids is 1. The Morgan fingerprint density at radius 3 is 2.63 bits per heavy atom. The number of carbonyl (C=O) groups is 1. The van der Waals surface area contributed by atoms with Crippen molar-refractivity contribution in [2.45, 2.75) is 52.6 Å². The highest BCUT2D eigenvalue weighted by atomic mass is 16.2. The normalized spacial score (nSPS) is 14.8. The second kappa shape index (κ2) is 10.8. The predicted octanol–water partition coefficient (Wildman–Crippen LogP) is 3.98. The second-order valence-corrected chi connectivity index (χ2v) is 7.92. The molecule has 1 atom stereocenters. The molecule has 0 aliphatic carbocycles. The molecule has 1 heterocycles. The molecular weight excluding hydrogens is 372 g/mol. The quantitative estimate of drug-likeness (QED) is 0.415. The van der Waals surface area contributed by atoms with E-state index in [4.69, 9.17) is 0 Å². The maximum Gasteiger partial charge on any atom is 0.222 e. The first-order valence-corrected chi connectivity index (χ1v) is 11.0. The molecule has 0 saturated heterocycles. The Bertz CT molecular complexity index is 877. The van der Waals surface area contributed by atoms with Gasteiger partial charge in [0.1, 0.15) is 0 Å². The molecule has 0 aromatic heterocycles. The van der Waals surface area contributed by atoms with Gasteiger partial charge in [-0.05, 0) is 55.9 Å². The number of benzene rings is 2. The monoisotopic (exact) mass is 406 g/mol. The van der Waals surface area contributed by atoms with E-state index in [1.165, 1.54) is 22.3 Å². The van der Waals surface area contributed by atoms with Crippen LogP contribution >= 0.6 is 0 Å². The molecule has 0 fully saturated rings. The van der Waals surface area contributed by atoms with Gasteiger partial charge in [0, 0.05) is 32.6 Å². The minimum atomic E-state index is 0.166. The molecule has 2 N–H and O–H groups in total. The van der Waals surface area contributed by atoms with Crippen LogP contribution in [0.3, 0.4) is 0 Å². The summed E-state index contributed by atoms with van der Waals surface area (Å²) in [6, 6.07) is 17.0. The maximum absolute atomic E-state index is 12.6. The van der Waals surface area contributed by atoms with Crippen LogP contribution in [0.15, 0.2) is 53.5 Å². The van der Waals surface area contributed by atoms with Crippen LogP contribution in [0.1, 0.15) is 55.0 Å². The molecule has 1 unspecified atom stereocenters. The van der Waals surface area contributed by atoms with Gasteiger partial charge in [0.25, 0.3) is 0 Å². The van der Waals surface area contributed by atoms with Crippen molar-refractivity contribution in [3.05, 3.63) is 70.8 Å². The highest BCUT2D eigenvalue weighted by Crippen LogP contribution is 2.19. The number of hydrogen-bond acceptors (Lipinski definition) is 2. The lowest BCUT2D eigenvalue weighted by molar-refractivity contribution is -0.132. The highest BCUT2D eigenvalue weighted by Gasteiger charge is 2.19. The standard InChI is InChI=1S/C25H34N4O/c1-4-26-25(28-20(3)23-13-8-5-10-19(23)2)27-16-9-14-24(30)29-17-15-21-11-6-7-12-22(21)18-29/h5-8,10-13,20H,4,9,14-18H2,1-3H3,(H2,26,27,28). The fraction of sp³-hybridized carbons (Fsp3) is 0.440. The summed E-state index contributed by atoms with van der Waals surface area (Å²) in [6.45, 7) is 9.32. The van der Waals surface area contributed by atoms with Gasteiger partial charge in [0.2, 0.25) is 5.91 Å². The summed E-state index contributed by atoms with van der Waals surface area (Å²) in [5, 5.41) is 6.79. The fourth-order valence-corrected chi connectivity index (χ4v) is 3.96.